The van der Waals surface area contributed by atoms with Crippen molar-refractivity contribution < 1.29 is 27.5 Å². The van der Waals surface area contributed by atoms with Gasteiger partial charge in [0, 0.05) is 18.3 Å². The monoisotopic (exact) mass is 223 g/mol. The Morgan fingerprint density at radius 3 is 2.53 bits per heavy atom. The molecule has 0 aromatic carbocycles. The van der Waals surface area contributed by atoms with E-state index in [4.69, 9.17) is 0 Å². The molecule has 0 fully saturated rings. The zero-order chi connectivity index (χ0) is 11.6. The molecule has 0 spiro atoms. The van der Waals surface area contributed by atoms with Crippen LogP contribution in [0, 0.1) is 0 Å². The standard InChI is InChI=1S/C8H8F3NO3/c1-15-7(14)12-3-2-5(4-12)6(13)8(9,10)11/h4H,2-3H2,1H3. The van der Waals surface area contributed by atoms with E-state index in [1.165, 1.54) is 0 Å². The Kier molecular flexibility index (Phi) is 3.01. The molecule has 0 unspecified atom stereocenters. The predicted molar refractivity (Wildman–Crippen MR) is 42.9 cm³/mol. The molecule has 0 aromatic rings. The van der Waals surface area contributed by atoms with Crippen molar-refractivity contribution in [2.75, 3.05) is 13.7 Å². The van der Waals surface area contributed by atoms with Crippen molar-refractivity contribution in [1.29, 1.82) is 0 Å². The molecular weight excluding hydrogens is 215 g/mol. The Bertz CT molecular complexity index is 322. The Balaban J connectivity index is 2.76. The lowest BCUT2D eigenvalue weighted by Crippen LogP contribution is -2.24. The molecular formula is C8H8F3NO3. The van der Waals surface area contributed by atoms with Crippen LogP contribution in [0.3, 0.4) is 0 Å². The van der Waals surface area contributed by atoms with E-state index in [1.54, 1.807) is 0 Å². The molecule has 7 heteroatoms. The quantitative estimate of drug-likeness (QED) is 0.676. The third-order valence-electron chi connectivity index (χ3n) is 1.89. The topological polar surface area (TPSA) is 46.6 Å². The molecule has 4 nitrogen and oxygen atoms in total. The van der Waals surface area contributed by atoms with Gasteiger partial charge in [0.15, 0.2) is 0 Å². The smallest absolute Gasteiger partial charge is 0.452 e. The normalized spacial score (nSPS) is 16.3. The lowest BCUT2D eigenvalue weighted by molar-refractivity contribution is -0.166. The highest BCUT2D eigenvalue weighted by molar-refractivity contribution is 6.00. The van der Waals surface area contributed by atoms with Crippen molar-refractivity contribution in [2.24, 2.45) is 0 Å². The zero-order valence-electron chi connectivity index (χ0n) is 7.80. The summed E-state index contributed by atoms with van der Waals surface area (Å²) in [5.74, 6) is -1.91. The predicted octanol–water partition coefficient (Wildman–Crippen LogP) is 1.47. The van der Waals surface area contributed by atoms with Crippen molar-refractivity contribution in [2.45, 2.75) is 12.6 Å². The van der Waals surface area contributed by atoms with Gasteiger partial charge in [-0.25, -0.2) is 4.79 Å². The largest absolute Gasteiger partial charge is 0.454 e. The highest BCUT2D eigenvalue weighted by atomic mass is 19.4. The van der Waals surface area contributed by atoms with E-state index in [2.05, 4.69) is 4.74 Å². The molecule has 0 aromatic heterocycles. The van der Waals surface area contributed by atoms with Crippen LogP contribution in [0.4, 0.5) is 18.0 Å². The van der Waals surface area contributed by atoms with E-state index < -0.39 is 23.6 Å². The average Bonchev–Trinajstić information content (AvgIpc) is 2.62. The molecule has 1 amide bonds. The summed E-state index contributed by atoms with van der Waals surface area (Å²) in [5.41, 5.74) is -0.423. The minimum absolute atomic E-state index is 0.0316. The number of ketones is 1. The number of Topliss-reactive ketones (excluding diaryl/α,β-unsaturated/α-hetero) is 1. The summed E-state index contributed by atoms with van der Waals surface area (Å²) in [5, 5.41) is 0. The molecule has 1 heterocycles. The lowest BCUT2D eigenvalue weighted by Gasteiger charge is -2.09. The van der Waals surface area contributed by atoms with Crippen molar-refractivity contribution in [3.63, 3.8) is 0 Å². The highest BCUT2D eigenvalue weighted by Crippen LogP contribution is 2.25. The fourth-order valence-electron chi connectivity index (χ4n) is 1.17. The van der Waals surface area contributed by atoms with E-state index >= 15 is 0 Å². The molecule has 0 atom stereocenters. The van der Waals surface area contributed by atoms with Gasteiger partial charge in [-0.15, -0.1) is 0 Å². The van der Waals surface area contributed by atoms with Crippen LogP contribution in [0.2, 0.25) is 0 Å². The second kappa shape index (κ2) is 3.92. The van der Waals surface area contributed by atoms with Gasteiger partial charge in [-0.05, 0) is 6.42 Å². The summed E-state index contributed by atoms with van der Waals surface area (Å²) in [6, 6.07) is 0. The maximum atomic E-state index is 12.0. The lowest BCUT2D eigenvalue weighted by atomic mass is 10.1. The number of amides is 1. The first-order valence-corrected chi connectivity index (χ1v) is 4.03. The summed E-state index contributed by atoms with van der Waals surface area (Å²) in [6.07, 6.45) is -4.90. The van der Waals surface area contributed by atoms with Crippen LogP contribution in [0.25, 0.3) is 0 Å². The van der Waals surface area contributed by atoms with Crippen LogP contribution in [0.1, 0.15) is 6.42 Å². The van der Waals surface area contributed by atoms with Crippen LogP contribution >= 0.6 is 0 Å². The van der Waals surface area contributed by atoms with Gasteiger partial charge in [-0.2, -0.15) is 13.2 Å². The number of halogens is 3. The van der Waals surface area contributed by atoms with Crippen LogP contribution in [-0.4, -0.2) is 36.6 Å². The van der Waals surface area contributed by atoms with Crippen molar-refractivity contribution in [3.05, 3.63) is 11.8 Å². The van der Waals surface area contributed by atoms with Gasteiger partial charge < -0.3 is 4.74 Å². The van der Waals surface area contributed by atoms with Gasteiger partial charge in [0.2, 0.25) is 0 Å². The number of nitrogens with zero attached hydrogens (tertiary/aromatic N) is 1. The van der Waals surface area contributed by atoms with Crippen LogP contribution in [0.5, 0.6) is 0 Å². The van der Waals surface area contributed by atoms with Crippen molar-refractivity contribution in [3.8, 4) is 0 Å². The van der Waals surface area contributed by atoms with E-state index in [0.29, 0.717) is 0 Å². The minimum Gasteiger partial charge on any atom is -0.452 e. The summed E-state index contributed by atoms with van der Waals surface area (Å²) in [4.78, 5) is 22.6. The third kappa shape index (κ3) is 2.48. The van der Waals surface area contributed by atoms with Crippen molar-refractivity contribution in [1.82, 2.24) is 4.90 Å². The van der Waals surface area contributed by atoms with E-state index in [0.717, 1.165) is 18.2 Å². The van der Waals surface area contributed by atoms with Crippen LogP contribution in [-0.2, 0) is 9.53 Å². The molecule has 1 aliphatic rings. The third-order valence-corrected chi connectivity index (χ3v) is 1.89. The Morgan fingerprint density at radius 2 is 2.07 bits per heavy atom. The summed E-state index contributed by atoms with van der Waals surface area (Å²) < 4.78 is 40.3. The molecule has 0 N–H and O–H groups in total. The number of hydrogen-bond acceptors (Lipinski definition) is 3. The maximum absolute atomic E-state index is 12.0. The van der Waals surface area contributed by atoms with Crippen LogP contribution in [0.15, 0.2) is 11.8 Å². The Morgan fingerprint density at radius 1 is 1.47 bits per heavy atom. The molecule has 1 rings (SSSR count). The number of hydrogen-bond donors (Lipinski definition) is 0. The highest BCUT2D eigenvalue weighted by Gasteiger charge is 2.42. The average molecular weight is 223 g/mol. The number of carbonyl (C=O) groups excluding carboxylic acids is 2. The molecule has 0 bridgehead atoms. The van der Waals surface area contributed by atoms with E-state index in [9.17, 15) is 22.8 Å². The van der Waals surface area contributed by atoms with Gasteiger partial charge in [0.25, 0.3) is 5.78 Å². The Hall–Kier alpha value is -1.53. The number of carbonyl (C=O) groups is 2. The molecule has 1 aliphatic heterocycles. The number of alkyl halides is 3. The number of rotatable bonds is 1. The summed E-state index contributed by atoms with van der Waals surface area (Å²) >= 11 is 0. The van der Waals surface area contributed by atoms with Crippen LogP contribution < -0.4 is 0 Å². The summed E-state index contributed by atoms with van der Waals surface area (Å²) in [6.45, 7) is 0.0316. The second-order valence-corrected chi connectivity index (χ2v) is 2.89. The summed E-state index contributed by atoms with van der Waals surface area (Å²) in [7, 11) is 1.11. The number of ether oxygens (including phenoxy) is 1. The molecule has 0 radical (unpaired) electrons. The Labute approximate surface area is 83.3 Å². The first-order chi connectivity index (χ1) is 6.86. The van der Waals surface area contributed by atoms with Gasteiger partial charge >= 0.3 is 12.3 Å². The molecule has 0 saturated heterocycles. The van der Waals surface area contributed by atoms with Crippen molar-refractivity contribution >= 4 is 11.9 Å². The first-order valence-electron chi connectivity index (χ1n) is 4.03. The SMILES string of the molecule is COC(=O)N1C=C(C(=O)C(F)(F)F)CC1. The van der Waals surface area contributed by atoms with Gasteiger partial charge in [0.05, 0.1) is 7.11 Å². The second-order valence-electron chi connectivity index (χ2n) is 2.89. The first kappa shape index (κ1) is 11.5. The molecule has 15 heavy (non-hydrogen) atoms. The fraction of sp³-hybridized carbons (Fsp3) is 0.500. The molecule has 84 valence electrons. The maximum Gasteiger partial charge on any atom is 0.454 e. The van der Waals surface area contributed by atoms with Gasteiger partial charge in [-0.3, -0.25) is 9.69 Å². The van der Waals surface area contributed by atoms with E-state index in [1.807, 2.05) is 0 Å². The molecule has 0 saturated carbocycles. The fourth-order valence-corrected chi connectivity index (χ4v) is 1.17. The van der Waals surface area contributed by atoms with E-state index in [-0.39, 0.29) is 13.0 Å². The van der Waals surface area contributed by atoms with Gasteiger partial charge in [-0.1, -0.05) is 0 Å². The zero-order valence-corrected chi connectivity index (χ0v) is 7.80. The minimum atomic E-state index is -4.89. The molecule has 0 aliphatic carbocycles. The van der Waals surface area contributed by atoms with Gasteiger partial charge in [0.1, 0.15) is 0 Å². The number of methoxy groups -OCH3 is 1.